The Balaban J connectivity index is 1.93. The normalized spacial score (nSPS) is 12.2. The highest BCUT2D eigenvalue weighted by molar-refractivity contribution is 7.11. The Morgan fingerprint density at radius 2 is 2.16 bits per heavy atom. The molecule has 2 aromatic rings. The Hall–Kier alpha value is -1.46. The zero-order chi connectivity index (χ0) is 13.8. The van der Waals surface area contributed by atoms with Gasteiger partial charge in [-0.25, -0.2) is 0 Å². The molecule has 0 saturated heterocycles. The molecule has 2 aromatic heterocycles. The van der Waals surface area contributed by atoms with Crippen LogP contribution >= 0.6 is 22.9 Å². The molecule has 1 unspecified atom stereocenters. The predicted molar refractivity (Wildman–Crippen MR) is 76.7 cm³/mol. The number of aryl methyl sites for hydroxylation is 1. The molecule has 0 fully saturated rings. The second kappa shape index (κ2) is 6.12. The van der Waals surface area contributed by atoms with Crippen LogP contribution in [-0.4, -0.2) is 22.1 Å². The number of hydrogen-bond donors (Lipinski definition) is 1. The monoisotopic (exact) mass is 295 g/mol. The van der Waals surface area contributed by atoms with Crippen molar-refractivity contribution in [2.45, 2.75) is 26.3 Å². The SMILES string of the molecule is Cc1ccc(CC(C)NC(=O)c2ccc(Cl)nn2)s1. The number of halogens is 1. The first-order chi connectivity index (χ1) is 9.04. The minimum absolute atomic E-state index is 0.0445. The highest BCUT2D eigenvalue weighted by atomic mass is 35.5. The van der Waals surface area contributed by atoms with Crippen molar-refractivity contribution in [3.8, 4) is 0 Å². The molecule has 0 aromatic carbocycles. The molecular formula is C13H14ClN3OS. The number of carbonyl (C=O) groups is 1. The first-order valence-corrected chi connectivity index (χ1v) is 7.09. The highest BCUT2D eigenvalue weighted by Gasteiger charge is 2.12. The highest BCUT2D eigenvalue weighted by Crippen LogP contribution is 2.16. The van der Waals surface area contributed by atoms with E-state index in [-0.39, 0.29) is 22.8 Å². The van der Waals surface area contributed by atoms with E-state index in [0.29, 0.717) is 0 Å². The molecule has 0 aliphatic carbocycles. The lowest BCUT2D eigenvalue weighted by atomic mass is 10.2. The van der Waals surface area contributed by atoms with E-state index >= 15 is 0 Å². The largest absolute Gasteiger partial charge is 0.348 e. The number of thiophene rings is 1. The van der Waals surface area contributed by atoms with Crippen LogP contribution in [-0.2, 0) is 6.42 Å². The topological polar surface area (TPSA) is 54.9 Å². The van der Waals surface area contributed by atoms with Crippen LogP contribution in [0, 0.1) is 6.92 Å². The number of nitrogens with one attached hydrogen (secondary N) is 1. The van der Waals surface area contributed by atoms with Gasteiger partial charge in [-0.05, 0) is 38.1 Å². The summed E-state index contributed by atoms with van der Waals surface area (Å²) >= 11 is 7.37. The Morgan fingerprint density at radius 1 is 1.37 bits per heavy atom. The van der Waals surface area contributed by atoms with Crippen molar-refractivity contribution in [2.75, 3.05) is 0 Å². The Labute approximate surface area is 120 Å². The van der Waals surface area contributed by atoms with E-state index in [2.05, 4.69) is 34.6 Å². The third-order valence-corrected chi connectivity index (χ3v) is 3.77. The molecule has 1 N–H and O–H groups in total. The summed E-state index contributed by atoms with van der Waals surface area (Å²) in [6, 6.07) is 7.33. The van der Waals surface area contributed by atoms with E-state index in [4.69, 9.17) is 11.6 Å². The summed E-state index contributed by atoms with van der Waals surface area (Å²) < 4.78 is 0. The van der Waals surface area contributed by atoms with Crippen molar-refractivity contribution in [3.63, 3.8) is 0 Å². The third-order valence-electron chi connectivity index (χ3n) is 2.55. The number of aromatic nitrogens is 2. The lowest BCUT2D eigenvalue weighted by molar-refractivity contribution is 0.0934. The fourth-order valence-electron chi connectivity index (χ4n) is 1.68. The maximum Gasteiger partial charge on any atom is 0.272 e. The fraction of sp³-hybridized carbons (Fsp3) is 0.308. The fourth-order valence-corrected chi connectivity index (χ4v) is 2.80. The molecule has 100 valence electrons. The van der Waals surface area contributed by atoms with Gasteiger partial charge in [-0.1, -0.05) is 11.6 Å². The quantitative estimate of drug-likeness (QED) is 0.943. The molecule has 2 rings (SSSR count). The van der Waals surface area contributed by atoms with E-state index in [1.807, 2.05) is 6.92 Å². The molecule has 0 aliphatic heterocycles. The second-order valence-corrected chi connectivity index (χ2v) is 6.09. The average Bonchev–Trinajstić information content (AvgIpc) is 2.75. The van der Waals surface area contributed by atoms with Crippen molar-refractivity contribution in [1.82, 2.24) is 15.5 Å². The van der Waals surface area contributed by atoms with Crippen LogP contribution in [0.1, 0.15) is 27.2 Å². The van der Waals surface area contributed by atoms with E-state index in [9.17, 15) is 4.79 Å². The maximum absolute atomic E-state index is 11.9. The number of amides is 1. The number of rotatable bonds is 4. The molecule has 0 radical (unpaired) electrons. The van der Waals surface area contributed by atoms with Gasteiger partial charge in [0.05, 0.1) is 0 Å². The molecule has 4 nitrogen and oxygen atoms in total. The van der Waals surface area contributed by atoms with Crippen molar-refractivity contribution >= 4 is 28.8 Å². The smallest absolute Gasteiger partial charge is 0.272 e. The summed E-state index contributed by atoms with van der Waals surface area (Å²) in [5.41, 5.74) is 0.276. The Morgan fingerprint density at radius 3 is 2.74 bits per heavy atom. The molecular weight excluding hydrogens is 282 g/mol. The summed E-state index contributed by atoms with van der Waals surface area (Å²) in [5.74, 6) is -0.232. The number of carbonyl (C=O) groups excluding carboxylic acids is 1. The van der Waals surface area contributed by atoms with Crippen molar-refractivity contribution in [3.05, 3.63) is 44.9 Å². The Kier molecular flexibility index (Phi) is 4.50. The molecule has 0 saturated carbocycles. The van der Waals surface area contributed by atoms with Crippen LogP contribution in [0.4, 0.5) is 0 Å². The summed E-state index contributed by atoms with van der Waals surface area (Å²) in [7, 11) is 0. The van der Waals surface area contributed by atoms with Crippen LogP contribution in [0.15, 0.2) is 24.3 Å². The summed E-state index contributed by atoms with van der Waals surface area (Å²) in [4.78, 5) is 14.4. The zero-order valence-corrected chi connectivity index (χ0v) is 12.3. The van der Waals surface area contributed by atoms with Crippen LogP contribution in [0.5, 0.6) is 0 Å². The van der Waals surface area contributed by atoms with E-state index in [1.54, 1.807) is 23.5 Å². The van der Waals surface area contributed by atoms with E-state index in [1.165, 1.54) is 9.75 Å². The van der Waals surface area contributed by atoms with Crippen molar-refractivity contribution in [2.24, 2.45) is 0 Å². The van der Waals surface area contributed by atoms with Crippen LogP contribution in [0.25, 0.3) is 0 Å². The van der Waals surface area contributed by atoms with E-state index < -0.39 is 0 Å². The standard InChI is InChI=1S/C13H14ClN3OS/c1-8(7-10-4-3-9(2)19-10)15-13(18)11-5-6-12(14)17-16-11/h3-6,8H,7H2,1-2H3,(H,15,18). The summed E-state index contributed by atoms with van der Waals surface area (Å²) in [6.07, 6.45) is 0.811. The molecule has 19 heavy (non-hydrogen) atoms. The van der Waals surface area contributed by atoms with Crippen LogP contribution in [0.3, 0.4) is 0 Å². The van der Waals surface area contributed by atoms with Crippen LogP contribution < -0.4 is 5.32 Å². The van der Waals surface area contributed by atoms with Gasteiger partial charge in [0.2, 0.25) is 0 Å². The van der Waals surface area contributed by atoms with Gasteiger partial charge in [-0.2, -0.15) is 0 Å². The minimum Gasteiger partial charge on any atom is -0.348 e. The maximum atomic E-state index is 11.9. The summed E-state index contributed by atoms with van der Waals surface area (Å²) in [5, 5.41) is 10.6. The van der Waals surface area contributed by atoms with Gasteiger partial charge in [-0.15, -0.1) is 21.5 Å². The van der Waals surface area contributed by atoms with Gasteiger partial charge in [0.1, 0.15) is 0 Å². The van der Waals surface area contributed by atoms with Gasteiger partial charge in [0.15, 0.2) is 10.8 Å². The molecule has 0 bridgehead atoms. The molecule has 1 atom stereocenters. The average molecular weight is 296 g/mol. The molecule has 1 amide bonds. The molecule has 0 aliphatic rings. The number of hydrogen-bond acceptors (Lipinski definition) is 4. The Bertz CT molecular complexity index is 568. The molecule has 2 heterocycles. The van der Waals surface area contributed by atoms with Gasteiger partial charge in [-0.3, -0.25) is 4.79 Å². The minimum atomic E-state index is -0.232. The molecule has 6 heteroatoms. The van der Waals surface area contributed by atoms with E-state index in [0.717, 1.165) is 6.42 Å². The zero-order valence-electron chi connectivity index (χ0n) is 10.7. The van der Waals surface area contributed by atoms with Gasteiger partial charge in [0.25, 0.3) is 5.91 Å². The number of nitrogens with zero attached hydrogens (tertiary/aromatic N) is 2. The predicted octanol–water partition coefficient (Wildman–Crippen LogP) is 2.86. The first kappa shape index (κ1) is 14.0. The van der Waals surface area contributed by atoms with Gasteiger partial charge >= 0.3 is 0 Å². The first-order valence-electron chi connectivity index (χ1n) is 5.90. The van der Waals surface area contributed by atoms with Gasteiger partial charge in [0, 0.05) is 22.2 Å². The summed E-state index contributed by atoms with van der Waals surface area (Å²) in [6.45, 7) is 4.04. The molecule has 0 spiro atoms. The van der Waals surface area contributed by atoms with Crippen molar-refractivity contribution < 1.29 is 4.79 Å². The second-order valence-electron chi connectivity index (χ2n) is 4.33. The third kappa shape index (κ3) is 4.01. The van der Waals surface area contributed by atoms with Gasteiger partial charge < -0.3 is 5.32 Å². The van der Waals surface area contributed by atoms with Crippen LogP contribution in [0.2, 0.25) is 5.15 Å². The lowest BCUT2D eigenvalue weighted by Crippen LogP contribution is -2.34. The van der Waals surface area contributed by atoms with Crippen molar-refractivity contribution in [1.29, 1.82) is 0 Å². The lowest BCUT2D eigenvalue weighted by Gasteiger charge is -2.12.